The van der Waals surface area contributed by atoms with Crippen LogP contribution >= 0.6 is 0 Å². The van der Waals surface area contributed by atoms with Crippen LogP contribution in [-0.4, -0.2) is 68.6 Å². The number of hydrogen-bond donors (Lipinski definition) is 0. The first kappa shape index (κ1) is 18.9. The lowest BCUT2D eigenvalue weighted by atomic mass is 9.77. The van der Waals surface area contributed by atoms with Crippen LogP contribution in [0.25, 0.3) is 11.4 Å². The van der Waals surface area contributed by atoms with E-state index in [1.54, 1.807) is 35.4 Å². The Morgan fingerprint density at radius 2 is 2.13 bits per heavy atom. The van der Waals surface area contributed by atoms with Gasteiger partial charge in [-0.1, -0.05) is 5.16 Å². The summed E-state index contributed by atoms with van der Waals surface area (Å²) in [6.07, 6.45) is 6.08. The highest BCUT2D eigenvalue weighted by Gasteiger charge is 2.53. The molecule has 0 unspecified atom stereocenters. The fourth-order valence-electron chi connectivity index (χ4n) is 4.75. The first-order valence-electron chi connectivity index (χ1n) is 10.0. The van der Waals surface area contributed by atoms with E-state index < -0.39 is 0 Å². The summed E-state index contributed by atoms with van der Waals surface area (Å²) in [5.74, 6) is 0.703. The molecule has 2 atom stereocenters. The van der Waals surface area contributed by atoms with Crippen molar-refractivity contribution in [1.82, 2.24) is 29.5 Å². The molecule has 3 aromatic rings. The van der Waals surface area contributed by atoms with E-state index in [-0.39, 0.29) is 29.6 Å². The fraction of sp³-hybridized carbons (Fsp3) is 0.429. The first-order valence-corrected chi connectivity index (χ1v) is 10.0. The number of aromatic nitrogens is 4. The van der Waals surface area contributed by atoms with E-state index in [1.165, 1.54) is 12.1 Å². The third-order valence-corrected chi connectivity index (χ3v) is 6.30. The second-order valence-electron chi connectivity index (χ2n) is 8.38. The molecule has 1 aromatic carbocycles. The van der Waals surface area contributed by atoms with Gasteiger partial charge in [-0.25, -0.2) is 9.37 Å². The van der Waals surface area contributed by atoms with Gasteiger partial charge in [-0.2, -0.15) is 4.98 Å². The number of hydrogen-bond acceptors (Lipinski definition) is 6. The van der Waals surface area contributed by atoms with E-state index in [9.17, 15) is 9.18 Å². The van der Waals surface area contributed by atoms with Crippen molar-refractivity contribution >= 4 is 5.91 Å². The lowest BCUT2D eigenvalue weighted by Crippen LogP contribution is -2.35. The average molecular weight is 410 g/mol. The van der Waals surface area contributed by atoms with Gasteiger partial charge in [0.15, 0.2) is 0 Å². The van der Waals surface area contributed by atoms with Crippen molar-refractivity contribution in [2.24, 2.45) is 5.41 Å². The van der Waals surface area contributed by atoms with Gasteiger partial charge in [0, 0.05) is 43.0 Å². The largest absolute Gasteiger partial charge is 0.340 e. The Bertz CT molecular complexity index is 1030. The van der Waals surface area contributed by atoms with Crippen LogP contribution in [0, 0.1) is 11.2 Å². The Labute approximate surface area is 173 Å². The predicted molar refractivity (Wildman–Crippen MR) is 106 cm³/mol. The van der Waals surface area contributed by atoms with Gasteiger partial charge in [0.05, 0.1) is 12.2 Å². The molecule has 5 rings (SSSR count). The molecule has 0 radical (unpaired) electrons. The summed E-state index contributed by atoms with van der Waals surface area (Å²) >= 11 is 0. The fourth-order valence-corrected chi connectivity index (χ4v) is 4.75. The minimum Gasteiger partial charge on any atom is -0.340 e. The molecule has 9 heteroatoms. The summed E-state index contributed by atoms with van der Waals surface area (Å²) in [5, 5.41) is 4.13. The van der Waals surface area contributed by atoms with E-state index in [0.717, 1.165) is 19.5 Å². The molecular formula is C21H23FN6O2. The molecule has 0 bridgehead atoms. The standard InChI is InChI=1S/C21H23FN6O2/c1-26-8-6-21(12-26)13-28(18(29)11-27-9-7-23-14-27)10-17(21)20-24-19(25-30-20)15-2-4-16(22)5-3-15/h2-5,7,9,14,17H,6,8,10-13H2,1H3/t17-,21-/m0/s1. The zero-order valence-corrected chi connectivity index (χ0v) is 16.7. The molecule has 2 fully saturated rings. The van der Waals surface area contributed by atoms with Gasteiger partial charge in [0.25, 0.3) is 0 Å². The van der Waals surface area contributed by atoms with Crippen molar-refractivity contribution in [3.05, 3.63) is 54.7 Å². The predicted octanol–water partition coefficient (Wildman–Crippen LogP) is 2.02. The van der Waals surface area contributed by atoms with Gasteiger partial charge in [-0.15, -0.1) is 0 Å². The third-order valence-electron chi connectivity index (χ3n) is 6.30. The van der Waals surface area contributed by atoms with Crippen molar-refractivity contribution in [2.45, 2.75) is 18.9 Å². The van der Waals surface area contributed by atoms with Crippen molar-refractivity contribution in [3.63, 3.8) is 0 Å². The van der Waals surface area contributed by atoms with Crippen LogP contribution < -0.4 is 0 Å². The Balaban J connectivity index is 1.41. The maximum Gasteiger partial charge on any atom is 0.242 e. The minimum absolute atomic E-state index is 0.0316. The number of halogens is 1. The van der Waals surface area contributed by atoms with Gasteiger partial charge >= 0.3 is 0 Å². The number of benzene rings is 1. The Hall–Kier alpha value is -3.07. The molecule has 8 nitrogen and oxygen atoms in total. The third kappa shape index (κ3) is 3.39. The van der Waals surface area contributed by atoms with Crippen LogP contribution in [0.1, 0.15) is 18.2 Å². The van der Waals surface area contributed by atoms with Crippen LogP contribution in [0.4, 0.5) is 4.39 Å². The molecule has 1 spiro atoms. The zero-order chi connectivity index (χ0) is 20.7. The SMILES string of the molecule is CN1CC[C@]2(C1)CN(C(=O)Cn1ccnc1)C[C@H]2c1nc(-c2ccc(F)cc2)no1. The summed E-state index contributed by atoms with van der Waals surface area (Å²) in [7, 11) is 2.10. The van der Waals surface area contributed by atoms with Crippen molar-refractivity contribution < 1.29 is 13.7 Å². The molecular weight excluding hydrogens is 387 g/mol. The molecule has 4 heterocycles. The molecule has 2 aromatic heterocycles. The number of amides is 1. The van der Waals surface area contributed by atoms with Crippen LogP contribution in [0.5, 0.6) is 0 Å². The second kappa shape index (κ2) is 7.32. The quantitative estimate of drug-likeness (QED) is 0.655. The number of carbonyl (C=O) groups is 1. The molecule has 156 valence electrons. The molecule has 0 N–H and O–H groups in total. The maximum absolute atomic E-state index is 13.2. The highest BCUT2D eigenvalue weighted by Crippen LogP contribution is 2.48. The van der Waals surface area contributed by atoms with E-state index >= 15 is 0 Å². The van der Waals surface area contributed by atoms with E-state index in [4.69, 9.17) is 4.52 Å². The number of carbonyl (C=O) groups excluding carboxylic acids is 1. The monoisotopic (exact) mass is 410 g/mol. The molecule has 0 aliphatic carbocycles. The van der Waals surface area contributed by atoms with E-state index in [0.29, 0.717) is 30.4 Å². The Morgan fingerprint density at radius 3 is 2.83 bits per heavy atom. The summed E-state index contributed by atoms with van der Waals surface area (Å²) in [6, 6.07) is 6.03. The lowest BCUT2D eigenvalue weighted by Gasteiger charge is -2.27. The number of likely N-dealkylation sites (tertiary alicyclic amines) is 2. The van der Waals surface area contributed by atoms with Crippen molar-refractivity contribution in [3.8, 4) is 11.4 Å². The van der Waals surface area contributed by atoms with Gasteiger partial charge < -0.3 is 18.9 Å². The Morgan fingerprint density at radius 1 is 1.30 bits per heavy atom. The maximum atomic E-state index is 13.2. The smallest absolute Gasteiger partial charge is 0.242 e. The normalized spacial score (nSPS) is 24.2. The van der Waals surface area contributed by atoms with Gasteiger partial charge in [0.2, 0.25) is 17.6 Å². The van der Waals surface area contributed by atoms with Gasteiger partial charge in [-0.05, 0) is 44.3 Å². The topological polar surface area (TPSA) is 80.3 Å². The minimum atomic E-state index is -0.307. The highest BCUT2D eigenvalue weighted by atomic mass is 19.1. The summed E-state index contributed by atoms with van der Waals surface area (Å²) < 4.78 is 20.7. The molecule has 30 heavy (non-hydrogen) atoms. The first-order chi connectivity index (χ1) is 14.5. The van der Waals surface area contributed by atoms with Crippen molar-refractivity contribution in [1.29, 1.82) is 0 Å². The molecule has 2 saturated heterocycles. The van der Waals surface area contributed by atoms with Gasteiger partial charge in [-0.3, -0.25) is 4.79 Å². The van der Waals surface area contributed by atoms with Crippen molar-refractivity contribution in [2.75, 3.05) is 33.2 Å². The molecule has 0 saturated carbocycles. The van der Waals surface area contributed by atoms with Gasteiger partial charge in [0.1, 0.15) is 12.4 Å². The van der Waals surface area contributed by atoms with Crippen LogP contribution in [0.3, 0.4) is 0 Å². The van der Waals surface area contributed by atoms with Crippen LogP contribution in [0.2, 0.25) is 0 Å². The average Bonchev–Trinajstić information content (AvgIpc) is 3.51. The molecule has 2 aliphatic heterocycles. The molecule has 2 aliphatic rings. The van der Waals surface area contributed by atoms with E-state index in [2.05, 4.69) is 27.1 Å². The summed E-state index contributed by atoms with van der Waals surface area (Å²) in [4.78, 5) is 25.8. The van der Waals surface area contributed by atoms with Crippen LogP contribution in [-0.2, 0) is 11.3 Å². The lowest BCUT2D eigenvalue weighted by molar-refractivity contribution is -0.131. The summed E-state index contributed by atoms with van der Waals surface area (Å²) in [5.41, 5.74) is 0.599. The Kier molecular flexibility index (Phi) is 4.62. The van der Waals surface area contributed by atoms with E-state index in [1.807, 2.05) is 4.90 Å². The number of imidazole rings is 1. The second-order valence-corrected chi connectivity index (χ2v) is 8.38. The number of rotatable bonds is 4. The zero-order valence-electron chi connectivity index (χ0n) is 16.7. The molecule has 1 amide bonds. The highest BCUT2D eigenvalue weighted by molar-refractivity contribution is 5.76. The number of nitrogens with zero attached hydrogens (tertiary/aromatic N) is 6. The summed E-state index contributed by atoms with van der Waals surface area (Å²) in [6.45, 7) is 3.33. The van der Waals surface area contributed by atoms with Crippen LogP contribution in [0.15, 0.2) is 47.5 Å².